The molecule has 8 aromatic carbocycles. The van der Waals surface area contributed by atoms with Gasteiger partial charge in [0.05, 0.1) is 56.9 Å². The van der Waals surface area contributed by atoms with Crippen molar-refractivity contribution < 1.29 is 0 Å². The van der Waals surface area contributed by atoms with E-state index in [0.29, 0.717) is 0 Å². The van der Waals surface area contributed by atoms with E-state index in [0.717, 1.165) is 103 Å². The van der Waals surface area contributed by atoms with E-state index in [2.05, 4.69) is 216 Å². The minimum absolute atomic E-state index is 0.0453. The Morgan fingerprint density at radius 2 is 0.729 bits per heavy atom. The van der Waals surface area contributed by atoms with Gasteiger partial charge in [-0.2, -0.15) is 10.2 Å². The van der Waals surface area contributed by atoms with Crippen LogP contribution in [0.2, 0.25) is 0 Å². The Balaban J connectivity index is 0.796. The van der Waals surface area contributed by atoms with E-state index >= 15 is 0 Å². The number of nitrogens with one attached hydrogen (secondary N) is 2. The van der Waals surface area contributed by atoms with Crippen LogP contribution in [0.15, 0.2) is 204 Å². The molecule has 12 rings (SSSR count). The third-order valence-corrected chi connectivity index (χ3v) is 13.8. The van der Waals surface area contributed by atoms with Gasteiger partial charge in [0.2, 0.25) is 0 Å². The van der Waals surface area contributed by atoms with Crippen LogP contribution in [0, 0.1) is 0 Å². The minimum Gasteiger partial charge on any atom is -0.378 e. The number of rotatable bonds is 11. The van der Waals surface area contributed by atoms with Crippen molar-refractivity contribution in [3.8, 4) is 33.9 Å². The maximum Gasteiger partial charge on any atom is 0.138 e. The van der Waals surface area contributed by atoms with E-state index in [4.69, 9.17) is 20.2 Å². The Morgan fingerprint density at radius 3 is 1.09 bits per heavy atom. The van der Waals surface area contributed by atoms with Gasteiger partial charge in [-0.1, -0.05) is 97.1 Å². The second-order valence-electron chi connectivity index (χ2n) is 18.6. The molecule has 10 nitrogen and oxygen atoms in total. The molecule has 2 atom stereocenters. The van der Waals surface area contributed by atoms with Crippen LogP contribution >= 0.6 is 0 Å². The van der Waals surface area contributed by atoms with E-state index in [9.17, 15) is 0 Å². The average Bonchev–Trinajstić information content (AvgIpc) is 4.24. The summed E-state index contributed by atoms with van der Waals surface area (Å²) in [7, 11) is 8.30. The van der Waals surface area contributed by atoms with E-state index < -0.39 is 0 Å². The lowest BCUT2D eigenvalue weighted by molar-refractivity contribution is 0.709. The van der Waals surface area contributed by atoms with Crippen molar-refractivity contribution in [3.05, 3.63) is 216 Å². The molecule has 0 saturated heterocycles. The third kappa shape index (κ3) is 8.13. The van der Waals surface area contributed by atoms with Gasteiger partial charge < -0.3 is 19.8 Å². The summed E-state index contributed by atoms with van der Waals surface area (Å²) in [5.74, 6) is 1.72. The first-order chi connectivity index (χ1) is 34.3. The molecular weight excluding hydrogens is 861 g/mol. The number of fused-ring (bicyclic) bond motifs is 2. The summed E-state index contributed by atoms with van der Waals surface area (Å²) in [5.41, 5.74) is 19.6. The van der Waals surface area contributed by atoms with Crippen molar-refractivity contribution >= 4 is 56.2 Å². The highest BCUT2D eigenvalue weighted by Crippen LogP contribution is 2.40. The molecule has 0 bridgehead atoms. The van der Waals surface area contributed by atoms with Crippen molar-refractivity contribution in [1.82, 2.24) is 19.9 Å². The smallest absolute Gasteiger partial charge is 0.138 e. The van der Waals surface area contributed by atoms with Crippen LogP contribution in [0.5, 0.6) is 0 Å². The molecule has 0 amide bonds. The Labute approximate surface area is 407 Å². The van der Waals surface area contributed by atoms with Crippen LogP contribution in [0.4, 0.5) is 22.7 Å². The highest BCUT2D eigenvalue weighted by atomic mass is 15.5. The molecule has 2 aromatic heterocycles. The fourth-order valence-electron chi connectivity index (χ4n) is 9.79. The quantitative estimate of drug-likeness (QED) is 0.134. The van der Waals surface area contributed by atoms with E-state index in [1.165, 1.54) is 22.5 Å². The SMILES string of the molecule is CN(C)c1ccc(C2CC(c3ccc(-c4ccc(C5=NN(c6ccc(-c7nc8ccccc8[nH]7)cc6)C(c6ccc(N(C)C)cc6)C5)cc4)cc3)=NN2c2ccc(-c3nc4ccccc4[nH]3)cc2)cc1. The number of H-pyrrole nitrogens is 2. The molecule has 0 spiro atoms. The number of para-hydroxylation sites is 4. The number of aromatic nitrogens is 4. The second kappa shape index (κ2) is 17.7. The zero-order chi connectivity index (χ0) is 47.3. The Hall–Kier alpha value is -8.76. The molecule has 2 aliphatic heterocycles. The predicted molar refractivity (Wildman–Crippen MR) is 289 cm³/mol. The maximum atomic E-state index is 5.33. The standard InChI is InChI=1S/C60H52N10/c1-67(2)47-29-21-43(22-30-47)57-37-55(65-69(57)49-33-25-45(26-34-49)59-61-51-9-5-6-10-52(51)62-59)41-17-13-39(14-18-41)40-15-19-42(20-16-40)56-38-58(44-23-31-48(32-24-44)68(3)4)70(66-56)50-35-27-46(28-36-50)60-63-53-11-7-8-12-54(53)64-60/h5-36,57-58H,37-38H2,1-4H3,(H,61,62)(H,63,64). The zero-order valence-corrected chi connectivity index (χ0v) is 39.6. The summed E-state index contributed by atoms with van der Waals surface area (Å²) in [4.78, 5) is 20.9. The van der Waals surface area contributed by atoms with Crippen LogP contribution in [-0.2, 0) is 0 Å². The molecule has 10 heteroatoms. The van der Waals surface area contributed by atoms with Crippen LogP contribution in [-0.4, -0.2) is 59.5 Å². The van der Waals surface area contributed by atoms with Gasteiger partial charge in [0, 0.05) is 63.5 Å². The summed E-state index contributed by atoms with van der Waals surface area (Å²) in [6.07, 6.45) is 1.57. The van der Waals surface area contributed by atoms with Crippen molar-refractivity contribution in [1.29, 1.82) is 0 Å². The highest BCUT2D eigenvalue weighted by molar-refractivity contribution is 6.05. The number of hydrazone groups is 2. The minimum atomic E-state index is 0.0453. The molecule has 2 N–H and O–H groups in total. The summed E-state index contributed by atoms with van der Waals surface area (Å²) >= 11 is 0. The largest absolute Gasteiger partial charge is 0.378 e. The van der Waals surface area contributed by atoms with Crippen LogP contribution in [0.1, 0.15) is 47.2 Å². The Bertz CT molecular complexity index is 3230. The molecule has 0 radical (unpaired) electrons. The predicted octanol–water partition coefficient (Wildman–Crippen LogP) is 13.3. The number of hydrogen-bond acceptors (Lipinski definition) is 8. The van der Waals surface area contributed by atoms with Gasteiger partial charge in [0.1, 0.15) is 11.6 Å². The molecule has 2 aliphatic rings. The molecule has 0 aliphatic carbocycles. The summed E-state index contributed by atoms with van der Waals surface area (Å²) in [5, 5.41) is 15.0. The van der Waals surface area contributed by atoms with Gasteiger partial charge >= 0.3 is 0 Å². The number of imidazole rings is 2. The van der Waals surface area contributed by atoms with E-state index in [1.54, 1.807) is 0 Å². The fraction of sp³-hybridized carbons (Fsp3) is 0.133. The van der Waals surface area contributed by atoms with Gasteiger partial charge in [-0.15, -0.1) is 0 Å². The monoisotopic (exact) mass is 912 g/mol. The third-order valence-electron chi connectivity index (χ3n) is 13.8. The van der Waals surface area contributed by atoms with Gasteiger partial charge in [-0.3, -0.25) is 10.0 Å². The Kier molecular flexibility index (Phi) is 10.8. The molecule has 0 fully saturated rings. The first kappa shape index (κ1) is 42.6. The molecule has 10 aromatic rings. The molecule has 342 valence electrons. The van der Waals surface area contributed by atoms with Crippen molar-refractivity contribution in [2.45, 2.75) is 24.9 Å². The number of nitrogens with zero attached hydrogens (tertiary/aromatic N) is 8. The van der Waals surface area contributed by atoms with Crippen molar-refractivity contribution in [2.75, 3.05) is 48.0 Å². The van der Waals surface area contributed by atoms with Crippen molar-refractivity contribution in [2.24, 2.45) is 10.2 Å². The zero-order valence-electron chi connectivity index (χ0n) is 39.6. The molecular formula is C60H52N10. The lowest BCUT2D eigenvalue weighted by atomic mass is 9.95. The first-order valence-electron chi connectivity index (χ1n) is 23.9. The van der Waals surface area contributed by atoms with Crippen LogP contribution in [0.25, 0.3) is 56.0 Å². The molecule has 2 unspecified atom stereocenters. The molecule has 70 heavy (non-hydrogen) atoms. The van der Waals surface area contributed by atoms with E-state index in [-0.39, 0.29) is 12.1 Å². The number of benzene rings is 8. The lowest BCUT2D eigenvalue weighted by Crippen LogP contribution is -2.18. The molecule has 4 heterocycles. The summed E-state index contributed by atoms with van der Waals surface area (Å²) < 4.78 is 0. The number of anilines is 4. The van der Waals surface area contributed by atoms with Gasteiger partial charge in [0.25, 0.3) is 0 Å². The van der Waals surface area contributed by atoms with Gasteiger partial charge in [-0.05, 0) is 130 Å². The first-order valence-corrected chi connectivity index (χ1v) is 23.9. The van der Waals surface area contributed by atoms with Crippen LogP contribution in [0.3, 0.4) is 0 Å². The van der Waals surface area contributed by atoms with Crippen LogP contribution < -0.4 is 19.8 Å². The van der Waals surface area contributed by atoms with Gasteiger partial charge in [-0.25, -0.2) is 9.97 Å². The lowest BCUT2D eigenvalue weighted by Gasteiger charge is -2.25. The maximum absolute atomic E-state index is 5.33. The molecule has 0 saturated carbocycles. The second-order valence-corrected chi connectivity index (χ2v) is 18.6. The van der Waals surface area contributed by atoms with Gasteiger partial charge in [0.15, 0.2) is 0 Å². The van der Waals surface area contributed by atoms with E-state index in [1.807, 2.05) is 36.4 Å². The average molecular weight is 913 g/mol. The number of aromatic amines is 2. The topological polar surface area (TPSA) is 95.0 Å². The normalized spacial score (nSPS) is 15.7. The summed E-state index contributed by atoms with van der Waals surface area (Å²) in [6.45, 7) is 0. The number of hydrogen-bond donors (Lipinski definition) is 2. The summed E-state index contributed by atoms with van der Waals surface area (Å²) in [6, 6.07) is 69.0. The van der Waals surface area contributed by atoms with Crippen molar-refractivity contribution in [3.63, 3.8) is 0 Å². The fourth-order valence-corrected chi connectivity index (χ4v) is 9.79. The highest BCUT2D eigenvalue weighted by Gasteiger charge is 2.32. The Morgan fingerprint density at radius 1 is 0.386 bits per heavy atom.